The van der Waals surface area contributed by atoms with Gasteiger partial charge < -0.3 is 10.6 Å². The number of hydrogen-bond acceptors (Lipinski definition) is 4. The Morgan fingerprint density at radius 3 is 2.75 bits per heavy atom. The number of benzene rings is 1. The Morgan fingerprint density at radius 1 is 1.45 bits per heavy atom. The highest BCUT2D eigenvalue weighted by molar-refractivity contribution is 7.91. The Labute approximate surface area is 121 Å². The van der Waals surface area contributed by atoms with Crippen LogP contribution in [0.2, 0.25) is 0 Å². The first-order chi connectivity index (χ1) is 9.28. The van der Waals surface area contributed by atoms with Crippen molar-refractivity contribution in [3.8, 4) is 0 Å². The van der Waals surface area contributed by atoms with Gasteiger partial charge in [-0.25, -0.2) is 8.42 Å². The molecule has 2 atom stereocenters. The fourth-order valence-electron chi connectivity index (χ4n) is 2.86. The molecule has 0 aliphatic carbocycles. The highest BCUT2D eigenvalue weighted by atomic mass is 32.2. The van der Waals surface area contributed by atoms with E-state index < -0.39 is 9.84 Å². The van der Waals surface area contributed by atoms with Gasteiger partial charge in [0.15, 0.2) is 9.84 Å². The summed E-state index contributed by atoms with van der Waals surface area (Å²) < 4.78 is 23.4. The molecular formula is C15H24N2O2S. The zero-order chi connectivity index (χ0) is 14.9. The van der Waals surface area contributed by atoms with Gasteiger partial charge in [-0.05, 0) is 38.8 Å². The summed E-state index contributed by atoms with van der Waals surface area (Å²) in [5.41, 5.74) is 9.49. The fourth-order valence-corrected chi connectivity index (χ4v) is 4.42. The Balaban J connectivity index is 2.32. The molecule has 5 heteroatoms. The Kier molecular flexibility index (Phi) is 4.39. The van der Waals surface area contributed by atoms with Crippen molar-refractivity contribution in [2.24, 2.45) is 5.73 Å². The quantitative estimate of drug-likeness (QED) is 0.918. The molecule has 0 radical (unpaired) electrons. The molecule has 2 N–H and O–H groups in total. The zero-order valence-corrected chi connectivity index (χ0v) is 13.3. The largest absolute Gasteiger partial charge is 0.367 e. The molecule has 0 amide bonds. The van der Waals surface area contributed by atoms with Crippen molar-refractivity contribution in [2.45, 2.75) is 39.3 Å². The topological polar surface area (TPSA) is 63.4 Å². The van der Waals surface area contributed by atoms with Crippen LogP contribution in [0.4, 0.5) is 5.69 Å². The van der Waals surface area contributed by atoms with Crippen LogP contribution in [0.3, 0.4) is 0 Å². The molecule has 1 aliphatic heterocycles. The summed E-state index contributed by atoms with van der Waals surface area (Å²) in [4.78, 5) is 2.21. The van der Waals surface area contributed by atoms with Crippen LogP contribution < -0.4 is 10.6 Å². The molecule has 0 spiro atoms. The lowest BCUT2D eigenvalue weighted by Crippen LogP contribution is -2.47. The van der Waals surface area contributed by atoms with E-state index in [0.717, 1.165) is 12.1 Å². The summed E-state index contributed by atoms with van der Waals surface area (Å²) in [5.74, 6) is 0.474. The van der Waals surface area contributed by atoms with Crippen molar-refractivity contribution < 1.29 is 8.42 Å². The fraction of sp³-hybridized carbons (Fsp3) is 0.600. The molecule has 1 heterocycles. The van der Waals surface area contributed by atoms with Gasteiger partial charge in [0.25, 0.3) is 0 Å². The first kappa shape index (κ1) is 15.3. The summed E-state index contributed by atoms with van der Waals surface area (Å²) in [6.07, 6.45) is 0.812. The molecule has 20 heavy (non-hydrogen) atoms. The van der Waals surface area contributed by atoms with E-state index >= 15 is 0 Å². The predicted molar refractivity (Wildman–Crippen MR) is 84.0 cm³/mol. The van der Waals surface area contributed by atoms with Crippen LogP contribution in [0.25, 0.3) is 0 Å². The van der Waals surface area contributed by atoms with E-state index in [1.807, 2.05) is 13.8 Å². The Bertz CT molecular complexity index is 582. The third-order valence-corrected chi connectivity index (χ3v) is 5.55. The van der Waals surface area contributed by atoms with Gasteiger partial charge in [-0.3, -0.25) is 0 Å². The van der Waals surface area contributed by atoms with Crippen LogP contribution in [-0.4, -0.2) is 38.6 Å². The molecule has 112 valence electrons. The summed E-state index contributed by atoms with van der Waals surface area (Å²) in [7, 11) is -2.88. The lowest BCUT2D eigenvalue weighted by molar-refractivity contribution is 0.567. The minimum Gasteiger partial charge on any atom is -0.367 e. The van der Waals surface area contributed by atoms with E-state index in [-0.39, 0.29) is 23.6 Å². The smallest absolute Gasteiger partial charge is 0.154 e. The van der Waals surface area contributed by atoms with Gasteiger partial charge in [0.2, 0.25) is 0 Å². The summed E-state index contributed by atoms with van der Waals surface area (Å²) in [6.45, 7) is 6.61. The van der Waals surface area contributed by atoms with E-state index in [4.69, 9.17) is 5.73 Å². The van der Waals surface area contributed by atoms with Crippen LogP contribution in [0.1, 0.15) is 25.0 Å². The van der Waals surface area contributed by atoms with Gasteiger partial charge in [-0.2, -0.15) is 0 Å². The lowest BCUT2D eigenvalue weighted by atomic mass is 10.0. The second kappa shape index (κ2) is 5.74. The molecule has 1 aromatic carbocycles. The van der Waals surface area contributed by atoms with Gasteiger partial charge in [0.1, 0.15) is 0 Å². The van der Waals surface area contributed by atoms with Crippen molar-refractivity contribution in [2.75, 3.05) is 23.0 Å². The highest BCUT2D eigenvalue weighted by Gasteiger charge is 2.29. The van der Waals surface area contributed by atoms with Crippen molar-refractivity contribution in [3.63, 3.8) is 0 Å². The number of aryl methyl sites for hydroxylation is 1. The maximum Gasteiger partial charge on any atom is 0.154 e. The van der Waals surface area contributed by atoms with Gasteiger partial charge in [-0.1, -0.05) is 17.7 Å². The third kappa shape index (κ3) is 3.52. The Morgan fingerprint density at radius 2 is 2.15 bits per heavy atom. The number of nitrogens with zero attached hydrogens (tertiary/aromatic N) is 1. The van der Waals surface area contributed by atoms with Gasteiger partial charge in [-0.15, -0.1) is 0 Å². The Hall–Kier alpha value is -1.07. The second-order valence-corrected chi connectivity index (χ2v) is 8.20. The molecule has 0 bridgehead atoms. The van der Waals surface area contributed by atoms with Crippen molar-refractivity contribution in [1.29, 1.82) is 0 Å². The first-order valence-corrected chi connectivity index (χ1v) is 8.93. The standard InChI is InChI=1S/C15H24N2O2S/c1-11-4-5-15(14(8-11)9-12(2)16)17-6-7-20(18,19)10-13(17)3/h4-5,8,12-13H,6-7,9-10,16H2,1-3H3. The van der Waals surface area contributed by atoms with Gasteiger partial charge >= 0.3 is 0 Å². The first-order valence-electron chi connectivity index (χ1n) is 7.10. The van der Waals surface area contributed by atoms with E-state index in [0.29, 0.717) is 6.54 Å². The highest BCUT2D eigenvalue weighted by Crippen LogP contribution is 2.27. The lowest BCUT2D eigenvalue weighted by Gasteiger charge is -2.36. The minimum atomic E-state index is -2.88. The normalized spacial score (nSPS) is 23.6. The maximum absolute atomic E-state index is 11.7. The second-order valence-electron chi connectivity index (χ2n) is 5.97. The molecule has 1 aliphatic rings. The maximum atomic E-state index is 11.7. The van der Waals surface area contributed by atoms with E-state index in [9.17, 15) is 8.42 Å². The van der Waals surface area contributed by atoms with Gasteiger partial charge in [0, 0.05) is 24.3 Å². The van der Waals surface area contributed by atoms with Crippen LogP contribution >= 0.6 is 0 Å². The number of rotatable bonds is 3. The van der Waals surface area contributed by atoms with Crippen molar-refractivity contribution in [3.05, 3.63) is 29.3 Å². The summed E-state index contributed by atoms with van der Waals surface area (Å²) >= 11 is 0. The summed E-state index contributed by atoms with van der Waals surface area (Å²) in [5, 5.41) is 0. The monoisotopic (exact) mass is 296 g/mol. The van der Waals surface area contributed by atoms with Crippen LogP contribution in [0.15, 0.2) is 18.2 Å². The zero-order valence-electron chi connectivity index (χ0n) is 12.5. The van der Waals surface area contributed by atoms with Crippen LogP contribution in [0.5, 0.6) is 0 Å². The minimum absolute atomic E-state index is 0.0169. The molecule has 2 rings (SSSR count). The molecule has 1 fully saturated rings. The van der Waals surface area contributed by atoms with Crippen LogP contribution in [-0.2, 0) is 16.3 Å². The molecule has 0 saturated carbocycles. The van der Waals surface area contributed by atoms with Gasteiger partial charge in [0.05, 0.1) is 11.5 Å². The molecule has 0 aromatic heterocycles. The van der Waals surface area contributed by atoms with E-state index in [2.05, 4.69) is 30.0 Å². The average Bonchev–Trinajstić information content (AvgIpc) is 2.29. The average molecular weight is 296 g/mol. The molecule has 2 unspecified atom stereocenters. The predicted octanol–water partition coefficient (Wildman–Crippen LogP) is 1.51. The third-order valence-electron chi connectivity index (χ3n) is 3.76. The number of hydrogen-bond donors (Lipinski definition) is 1. The molecule has 1 aromatic rings. The van der Waals surface area contributed by atoms with Crippen molar-refractivity contribution >= 4 is 15.5 Å². The number of anilines is 1. The van der Waals surface area contributed by atoms with Crippen LogP contribution in [0, 0.1) is 6.92 Å². The number of sulfone groups is 1. The SMILES string of the molecule is Cc1ccc(N2CCS(=O)(=O)CC2C)c(CC(C)N)c1. The van der Waals surface area contributed by atoms with E-state index in [1.165, 1.54) is 11.1 Å². The molecular weight excluding hydrogens is 272 g/mol. The van der Waals surface area contributed by atoms with E-state index in [1.54, 1.807) is 0 Å². The van der Waals surface area contributed by atoms with Crippen molar-refractivity contribution in [1.82, 2.24) is 0 Å². The number of nitrogens with two attached hydrogens (primary N) is 1. The summed E-state index contributed by atoms with van der Waals surface area (Å²) in [6, 6.07) is 6.45. The molecule has 1 saturated heterocycles. The molecule has 4 nitrogen and oxygen atoms in total.